The van der Waals surface area contributed by atoms with Crippen molar-refractivity contribution in [2.24, 2.45) is 5.92 Å². The van der Waals surface area contributed by atoms with Crippen LogP contribution in [-0.4, -0.2) is 23.0 Å². The summed E-state index contributed by atoms with van der Waals surface area (Å²) in [7, 11) is 0. The Hall–Kier alpha value is -1.40. The summed E-state index contributed by atoms with van der Waals surface area (Å²) in [4.78, 5) is 6.56. The second-order valence-electron chi connectivity index (χ2n) is 4.47. The largest absolute Gasteiger partial charge is 0.299 e. The summed E-state index contributed by atoms with van der Waals surface area (Å²) in [6, 6.07) is 6.37. The number of hydrogen-bond donors (Lipinski definition) is 0. The molecule has 2 heterocycles. The summed E-state index contributed by atoms with van der Waals surface area (Å²) in [6.07, 6.45) is 6.85. The summed E-state index contributed by atoms with van der Waals surface area (Å²) in [5.74, 6) is 0.565. The Bertz CT molecular complexity index is 355. The number of nitriles is 1. The van der Waals surface area contributed by atoms with E-state index in [2.05, 4.69) is 22.0 Å². The van der Waals surface area contributed by atoms with Gasteiger partial charge in [0.05, 0.1) is 6.07 Å². The lowest BCUT2D eigenvalue weighted by Crippen LogP contribution is -2.34. The van der Waals surface area contributed by atoms with Gasteiger partial charge in [-0.3, -0.25) is 9.88 Å². The van der Waals surface area contributed by atoms with Crippen molar-refractivity contribution in [3.63, 3.8) is 0 Å². The van der Waals surface area contributed by atoms with Crippen LogP contribution in [0.4, 0.5) is 0 Å². The summed E-state index contributed by atoms with van der Waals surface area (Å²) >= 11 is 0. The first-order valence-corrected chi connectivity index (χ1v) is 5.86. The van der Waals surface area contributed by atoms with E-state index in [1.807, 2.05) is 12.3 Å². The molecule has 0 bridgehead atoms. The SMILES string of the molecule is N#CCC1CCCN(Cc2cccnc2)C1. The molecule has 0 aliphatic carbocycles. The van der Waals surface area contributed by atoms with Crippen molar-refractivity contribution in [1.29, 1.82) is 5.26 Å². The zero-order valence-electron chi connectivity index (χ0n) is 9.47. The molecule has 1 atom stereocenters. The first kappa shape index (κ1) is 11.1. The summed E-state index contributed by atoms with van der Waals surface area (Å²) < 4.78 is 0. The predicted molar refractivity (Wildman–Crippen MR) is 62.5 cm³/mol. The third-order valence-electron chi connectivity index (χ3n) is 3.11. The van der Waals surface area contributed by atoms with Gasteiger partial charge < -0.3 is 0 Å². The molecule has 1 aromatic heterocycles. The fourth-order valence-electron chi connectivity index (χ4n) is 2.34. The maximum Gasteiger partial charge on any atom is 0.0625 e. The molecule has 0 saturated carbocycles. The first-order valence-electron chi connectivity index (χ1n) is 5.86. The fourth-order valence-corrected chi connectivity index (χ4v) is 2.34. The number of nitrogens with zero attached hydrogens (tertiary/aromatic N) is 3. The van der Waals surface area contributed by atoms with Crippen LogP contribution in [0.5, 0.6) is 0 Å². The van der Waals surface area contributed by atoms with Crippen molar-refractivity contribution < 1.29 is 0 Å². The molecule has 0 N–H and O–H groups in total. The highest BCUT2D eigenvalue weighted by atomic mass is 15.1. The van der Waals surface area contributed by atoms with Crippen molar-refractivity contribution >= 4 is 0 Å². The number of pyridine rings is 1. The van der Waals surface area contributed by atoms with E-state index in [-0.39, 0.29) is 0 Å². The number of likely N-dealkylation sites (tertiary alicyclic amines) is 1. The van der Waals surface area contributed by atoms with Crippen LogP contribution < -0.4 is 0 Å². The monoisotopic (exact) mass is 215 g/mol. The maximum atomic E-state index is 8.72. The van der Waals surface area contributed by atoms with Crippen molar-refractivity contribution in [2.45, 2.75) is 25.8 Å². The predicted octanol–water partition coefficient (Wildman–Crippen LogP) is 2.21. The van der Waals surface area contributed by atoms with Crippen LogP contribution in [0.3, 0.4) is 0 Å². The molecule has 0 spiro atoms. The van der Waals surface area contributed by atoms with Gasteiger partial charge in [-0.25, -0.2) is 0 Å². The number of aromatic nitrogens is 1. The van der Waals surface area contributed by atoms with Crippen molar-refractivity contribution in [3.8, 4) is 6.07 Å². The van der Waals surface area contributed by atoms with Crippen molar-refractivity contribution in [3.05, 3.63) is 30.1 Å². The Morgan fingerprint density at radius 3 is 3.25 bits per heavy atom. The molecule has 3 nitrogen and oxygen atoms in total. The molecular formula is C13H17N3. The van der Waals surface area contributed by atoms with E-state index >= 15 is 0 Å². The molecule has 1 aliphatic heterocycles. The number of hydrogen-bond acceptors (Lipinski definition) is 3. The van der Waals surface area contributed by atoms with Crippen LogP contribution in [0, 0.1) is 17.2 Å². The average molecular weight is 215 g/mol. The Morgan fingerprint density at radius 1 is 1.56 bits per heavy atom. The molecule has 0 radical (unpaired) electrons. The third kappa shape index (κ3) is 3.04. The van der Waals surface area contributed by atoms with Crippen LogP contribution in [0.1, 0.15) is 24.8 Å². The van der Waals surface area contributed by atoms with E-state index in [1.165, 1.54) is 18.4 Å². The standard InChI is InChI=1S/C13H17N3/c14-6-5-12-4-2-8-16(10-12)11-13-3-1-7-15-9-13/h1,3,7,9,12H,2,4-5,8,10-11H2. The highest BCUT2D eigenvalue weighted by Gasteiger charge is 2.19. The summed E-state index contributed by atoms with van der Waals surface area (Å²) in [6.45, 7) is 3.18. The summed E-state index contributed by atoms with van der Waals surface area (Å²) in [5.41, 5.74) is 1.26. The smallest absolute Gasteiger partial charge is 0.0625 e. The molecule has 0 aromatic carbocycles. The van der Waals surface area contributed by atoms with Gasteiger partial charge in [0, 0.05) is 31.9 Å². The third-order valence-corrected chi connectivity index (χ3v) is 3.11. The van der Waals surface area contributed by atoms with Crippen LogP contribution >= 0.6 is 0 Å². The second-order valence-corrected chi connectivity index (χ2v) is 4.47. The molecule has 1 aliphatic rings. The number of piperidine rings is 1. The minimum Gasteiger partial charge on any atom is -0.299 e. The Labute approximate surface area is 96.7 Å². The van der Waals surface area contributed by atoms with Gasteiger partial charge in [-0.2, -0.15) is 5.26 Å². The van der Waals surface area contributed by atoms with E-state index in [1.54, 1.807) is 6.20 Å². The van der Waals surface area contributed by atoms with Crippen molar-refractivity contribution in [1.82, 2.24) is 9.88 Å². The first-order chi connectivity index (χ1) is 7.88. The van der Waals surface area contributed by atoms with Crippen molar-refractivity contribution in [2.75, 3.05) is 13.1 Å². The highest BCUT2D eigenvalue weighted by Crippen LogP contribution is 2.20. The molecule has 16 heavy (non-hydrogen) atoms. The van der Waals surface area contributed by atoms with Gasteiger partial charge in [-0.1, -0.05) is 6.07 Å². The lowest BCUT2D eigenvalue weighted by atomic mass is 9.95. The van der Waals surface area contributed by atoms with Gasteiger partial charge in [0.25, 0.3) is 0 Å². The van der Waals surface area contributed by atoms with E-state index in [9.17, 15) is 0 Å². The zero-order valence-corrected chi connectivity index (χ0v) is 9.47. The fraction of sp³-hybridized carbons (Fsp3) is 0.538. The second kappa shape index (κ2) is 5.62. The van der Waals surface area contributed by atoms with Crippen LogP contribution in [0.15, 0.2) is 24.5 Å². The molecular weight excluding hydrogens is 198 g/mol. The quantitative estimate of drug-likeness (QED) is 0.776. The minimum absolute atomic E-state index is 0.565. The number of rotatable bonds is 3. The van der Waals surface area contributed by atoms with Gasteiger partial charge >= 0.3 is 0 Å². The molecule has 1 fully saturated rings. The molecule has 1 unspecified atom stereocenters. The topological polar surface area (TPSA) is 39.9 Å². The van der Waals surface area contributed by atoms with Gasteiger partial charge in [0.15, 0.2) is 0 Å². The lowest BCUT2D eigenvalue weighted by molar-refractivity contribution is 0.169. The molecule has 1 saturated heterocycles. The molecule has 84 valence electrons. The molecule has 3 heteroatoms. The highest BCUT2D eigenvalue weighted by molar-refractivity contribution is 5.08. The van der Waals surface area contributed by atoms with Crippen LogP contribution in [0.2, 0.25) is 0 Å². The van der Waals surface area contributed by atoms with Gasteiger partial charge in [0.2, 0.25) is 0 Å². The normalized spacial score (nSPS) is 21.6. The summed E-state index contributed by atoms with van der Waals surface area (Å²) in [5, 5.41) is 8.72. The van der Waals surface area contributed by atoms with Gasteiger partial charge in [0.1, 0.15) is 0 Å². The van der Waals surface area contributed by atoms with E-state index in [0.29, 0.717) is 12.3 Å². The van der Waals surface area contributed by atoms with Crippen LogP contribution in [-0.2, 0) is 6.54 Å². The maximum absolute atomic E-state index is 8.72. The van der Waals surface area contributed by atoms with Gasteiger partial charge in [-0.15, -0.1) is 0 Å². The Kier molecular flexibility index (Phi) is 3.90. The molecule has 0 amide bonds. The molecule has 2 rings (SSSR count). The van der Waals surface area contributed by atoms with Gasteiger partial charge in [-0.05, 0) is 36.9 Å². The Morgan fingerprint density at radius 2 is 2.50 bits per heavy atom. The average Bonchev–Trinajstić information content (AvgIpc) is 2.31. The zero-order chi connectivity index (χ0) is 11.2. The van der Waals surface area contributed by atoms with Crippen LogP contribution in [0.25, 0.3) is 0 Å². The van der Waals surface area contributed by atoms with E-state index in [0.717, 1.165) is 19.6 Å². The minimum atomic E-state index is 0.565. The van der Waals surface area contributed by atoms with E-state index in [4.69, 9.17) is 5.26 Å². The molecule has 1 aromatic rings. The Balaban J connectivity index is 1.88. The lowest BCUT2D eigenvalue weighted by Gasteiger charge is -2.31. The van der Waals surface area contributed by atoms with E-state index < -0.39 is 0 Å².